The molecule has 1 amide bonds. The Morgan fingerprint density at radius 1 is 1.46 bits per heavy atom. The van der Waals surface area contributed by atoms with Crippen molar-refractivity contribution in [3.05, 3.63) is 24.1 Å². The second-order valence-electron chi connectivity index (χ2n) is 5.99. The number of aromatic nitrogens is 1. The monoisotopic (exact) mass is 351 g/mol. The molecule has 24 heavy (non-hydrogen) atoms. The molecule has 2 aromatic rings. The summed E-state index contributed by atoms with van der Waals surface area (Å²) in [5.41, 5.74) is 1.89. The van der Waals surface area contributed by atoms with Crippen LogP contribution in [0.1, 0.15) is 32.1 Å². The van der Waals surface area contributed by atoms with Crippen LogP contribution in [0.2, 0.25) is 0 Å². The third-order valence-corrected chi connectivity index (χ3v) is 6.16. The zero-order chi connectivity index (χ0) is 17.3. The molecule has 1 aliphatic rings. The summed E-state index contributed by atoms with van der Waals surface area (Å²) in [6, 6.07) is 4.55. The van der Waals surface area contributed by atoms with Crippen LogP contribution in [0.25, 0.3) is 11.1 Å². The minimum absolute atomic E-state index is 0.0704. The molecule has 0 aliphatic carbocycles. The number of nitrogens with one attached hydrogen (secondary N) is 1. The molecule has 1 unspecified atom stereocenters. The lowest BCUT2D eigenvalue weighted by Crippen LogP contribution is -2.44. The summed E-state index contributed by atoms with van der Waals surface area (Å²) < 4.78 is 31.3. The number of benzene rings is 1. The lowest BCUT2D eigenvalue weighted by atomic mass is 10.2. The SMILES string of the molecule is CCCS(=O)(=O)N1CCCC1C(=O)Nc1ccc2oc(C)nc2c1. The largest absolute Gasteiger partial charge is 0.441 e. The molecule has 2 heterocycles. The van der Waals surface area contributed by atoms with Gasteiger partial charge in [-0.25, -0.2) is 13.4 Å². The van der Waals surface area contributed by atoms with Crippen molar-refractivity contribution < 1.29 is 17.6 Å². The Morgan fingerprint density at radius 2 is 2.25 bits per heavy atom. The van der Waals surface area contributed by atoms with Gasteiger partial charge in [-0.1, -0.05) is 6.92 Å². The maximum absolute atomic E-state index is 12.6. The number of nitrogens with zero attached hydrogens (tertiary/aromatic N) is 2. The van der Waals surface area contributed by atoms with Gasteiger partial charge in [0, 0.05) is 19.2 Å². The van der Waals surface area contributed by atoms with Crippen LogP contribution in [-0.4, -0.2) is 42.0 Å². The Labute approximate surface area is 141 Å². The molecule has 0 radical (unpaired) electrons. The highest BCUT2D eigenvalue weighted by molar-refractivity contribution is 7.89. The number of amides is 1. The van der Waals surface area contributed by atoms with E-state index in [1.54, 1.807) is 25.1 Å². The number of carbonyl (C=O) groups is 1. The lowest BCUT2D eigenvalue weighted by Gasteiger charge is -2.23. The number of carbonyl (C=O) groups excluding carboxylic acids is 1. The summed E-state index contributed by atoms with van der Waals surface area (Å²) in [4.78, 5) is 16.8. The van der Waals surface area contributed by atoms with Gasteiger partial charge in [-0.3, -0.25) is 4.79 Å². The maximum atomic E-state index is 12.6. The number of rotatable bonds is 5. The van der Waals surface area contributed by atoms with Crippen molar-refractivity contribution in [3.63, 3.8) is 0 Å². The van der Waals surface area contributed by atoms with Gasteiger partial charge in [-0.15, -0.1) is 0 Å². The smallest absolute Gasteiger partial charge is 0.242 e. The van der Waals surface area contributed by atoms with E-state index in [4.69, 9.17) is 4.42 Å². The lowest BCUT2D eigenvalue weighted by molar-refractivity contribution is -0.119. The zero-order valence-electron chi connectivity index (χ0n) is 13.8. The molecule has 8 heteroatoms. The summed E-state index contributed by atoms with van der Waals surface area (Å²) in [5, 5.41) is 2.80. The van der Waals surface area contributed by atoms with Crippen molar-refractivity contribution in [2.45, 2.75) is 39.2 Å². The first-order chi connectivity index (χ1) is 11.4. The van der Waals surface area contributed by atoms with E-state index in [2.05, 4.69) is 10.3 Å². The van der Waals surface area contributed by atoms with E-state index in [9.17, 15) is 13.2 Å². The van der Waals surface area contributed by atoms with Crippen LogP contribution in [0.5, 0.6) is 0 Å². The molecule has 1 fully saturated rings. The van der Waals surface area contributed by atoms with Gasteiger partial charge in [0.2, 0.25) is 15.9 Å². The van der Waals surface area contributed by atoms with Gasteiger partial charge in [0.1, 0.15) is 11.6 Å². The van der Waals surface area contributed by atoms with E-state index < -0.39 is 16.1 Å². The fourth-order valence-electron chi connectivity index (χ4n) is 3.06. The van der Waals surface area contributed by atoms with Gasteiger partial charge in [0.25, 0.3) is 0 Å². The number of aryl methyl sites for hydroxylation is 1. The van der Waals surface area contributed by atoms with E-state index in [1.165, 1.54) is 4.31 Å². The number of oxazole rings is 1. The van der Waals surface area contributed by atoms with E-state index in [1.807, 2.05) is 6.92 Å². The van der Waals surface area contributed by atoms with Crippen LogP contribution in [0.3, 0.4) is 0 Å². The highest BCUT2D eigenvalue weighted by Gasteiger charge is 2.38. The molecular formula is C16H21N3O4S. The molecule has 1 aliphatic heterocycles. The van der Waals surface area contributed by atoms with Crippen molar-refractivity contribution in [2.75, 3.05) is 17.6 Å². The standard InChI is InChI=1S/C16H21N3O4S/c1-3-9-24(21,22)19-8-4-5-14(19)16(20)18-12-6-7-15-13(10-12)17-11(2)23-15/h6-7,10,14H,3-5,8-9H2,1-2H3,(H,18,20). The molecule has 1 saturated heterocycles. The Bertz CT molecular complexity index is 859. The Balaban J connectivity index is 1.77. The van der Waals surface area contributed by atoms with Crippen molar-refractivity contribution >= 4 is 32.7 Å². The highest BCUT2D eigenvalue weighted by atomic mass is 32.2. The van der Waals surface area contributed by atoms with Crippen LogP contribution in [-0.2, 0) is 14.8 Å². The Morgan fingerprint density at radius 3 is 3.00 bits per heavy atom. The molecule has 1 aromatic heterocycles. The summed E-state index contributed by atoms with van der Waals surface area (Å²) >= 11 is 0. The minimum Gasteiger partial charge on any atom is -0.441 e. The average Bonchev–Trinajstić information content (AvgIpc) is 3.12. The molecule has 1 N–H and O–H groups in total. The fraction of sp³-hybridized carbons (Fsp3) is 0.500. The Hall–Kier alpha value is -1.93. The van der Waals surface area contributed by atoms with Crippen LogP contribution in [0.15, 0.2) is 22.6 Å². The summed E-state index contributed by atoms with van der Waals surface area (Å²) in [6.07, 6.45) is 1.78. The molecule has 1 atom stereocenters. The fourth-order valence-corrected chi connectivity index (χ4v) is 4.80. The molecule has 7 nitrogen and oxygen atoms in total. The van der Waals surface area contributed by atoms with Crippen molar-refractivity contribution in [3.8, 4) is 0 Å². The van der Waals surface area contributed by atoms with Gasteiger partial charge in [-0.2, -0.15) is 4.31 Å². The topological polar surface area (TPSA) is 92.5 Å². The van der Waals surface area contributed by atoms with Crippen LogP contribution < -0.4 is 5.32 Å². The zero-order valence-corrected chi connectivity index (χ0v) is 14.6. The first kappa shape index (κ1) is 16.9. The second-order valence-corrected chi connectivity index (χ2v) is 8.03. The van der Waals surface area contributed by atoms with Crippen molar-refractivity contribution in [2.24, 2.45) is 0 Å². The van der Waals surface area contributed by atoms with Gasteiger partial charge in [0.05, 0.1) is 5.75 Å². The summed E-state index contributed by atoms with van der Waals surface area (Å²) in [7, 11) is -3.38. The van der Waals surface area contributed by atoms with Crippen molar-refractivity contribution in [1.29, 1.82) is 0 Å². The van der Waals surface area contributed by atoms with E-state index in [0.717, 1.165) is 0 Å². The number of hydrogen-bond donors (Lipinski definition) is 1. The molecular weight excluding hydrogens is 330 g/mol. The molecule has 3 rings (SSSR count). The second kappa shape index (κ2) is 6.52. The minimum atomic E-state index is -3.38. The van der Waals surface area contributed by atoms with Crippen LogP contribution in [0, 0.1) is 6.92 Å². The number of anilines is 1. The van der Waals surface area contributed by atoms with Crippen LogP contribution in [0.4, 0.5) is 5.69 Å². The van der Waals surface area contributed by atoms with Crippen LogP contribution >= 0.6 is 0 Å². The first-order valence-electron chi connectivity index (χ1n) is 8.08. The third-order valence-electron chi connectivity index (χ3n) is 4.09. The van der Waals surface area contributed by atoms with Crippen molar-refractivity contribution in [1.82, 2.24) is 9.29 Å². The molecule has 0 bridgehead atoms. The predicted octanol–water partition coefficient (Wildman–Crippen LogP) is 2.28. The predicted molar refractivity (Wildman–Crippen MR) is 91.2 cm³/mol. The number of sulfonamides is 1. The quantitative estimate of drug-likeness (QED) is 0.892. The molecule has 0 saturated carbocycles. The molecule has 1 aromatic carbocycles. The highest BCUT2D eigenvalue weighted by Crippen LogP contribution is 2.24. The average molecular weight is 351 g/mol. The number of fused-ring (bicyclic) bond motifs is 1. The van der Waals surface area contributed by atoms with E-state index >= 15 is 0 Å². The maximum Gasteiger partial charge on any atom is 0.242 e. The van der Waals surface area contributed by atoms with Gasteiger partial charge in [-0.05, 0) is 37.5 Å². The summed E-state index contributed by atoms with van der Waals surface area (Å²) in [5.74, 6) is 0.328. The molecule has 130 valence electrons. The Kier molecular flexibility index (Phi) is 4.60. The summed E-state index contributed by atoms with van der Waals surface area (Å²) in [6.45, 7) is 3.98. The van der Waals surface area contributed by atoms with Gasteiger partial charge in [0.15, 0.2) is 11.5 Å². The van der Waals surface area contributed by atoms with E-state index in [0.29, 0.717) is 48.5 Å². The van der Waals surface area contributed by atoms with Gasteiger partial charge >= 0.3 is 0 Å². The molecule has 0 spiro atoms. The first-order valence-corrected chi connectivity index (χ1v) is 9.69. The number of hydrogen-bond acceptors (Lipinski definition) is 5. The third kappa shape index (κ3) is 3.29. The normalized spacial score (nSPS) is 19.0. The van der Waals surface area contributed by atoms with Gasteiger partial charge < -0.3 is 9.73 Å². The van der Waals surface area contributed by atoms with E-state index in [-0.39, 0.29) is 11.7 Å².